The Morgan fingerprint density at radius 1 is 1.14 bits per heavy atom. The Labute approximate surface area is 168 Å². The zero-order valence-electron chi connectivity index (χ0n) is 15.4. The number of fused-ring (bicyclic) bond motifs is 2. The molecular weight excluding hydrogens is 392 g/mol. The van der Waals surface area contributed by atoms with Crippen molar-refractivity contribution in [3.8, 4) is 5.75 Å². The molecule has 9 heteroatoms. The first kappa shape index (κ1) is 17.5. The fourth-order valence-electron chi connectivity index (χ4n) is 3.52. The Hall–Kier alpha value is -3.59. The molecule has 0 saturated heterocycles. The first-order valence-corrected chi connectivity index (χ1v) is 9.58. The quantitative estimate of drug-likeness (QED) is 0.515. The molecule has 1 aliphatic rings. The maximum absolute atomic E-state index is 13.4. The lowest BCUT2D eigenvalue weighted by molar-refractivity contribution is 0.0970. The SMILES string of the molecule is COc1ccc2c(=O)c3c(oc2c1)C(=O)N(c1nnc(C)s1)C3c1ccncc1. The third-order valence-electron chi connectivity index (χ3n) is 4.82. The van der Waals surface area contributed by atoms with Gasteiger partial charge in [-0.1, -0.05) is 11.3 Å². The van der Waals surface area contributed by atoms with Crippen molar-refractivity contribution in [1.29, 1.82) is 0 Å². The normalized spacial score (nSPS) is 15.7. The van der Waals surface area contributed by atoms with Gasteiger partial charge in [0.25, 0.3) is 5.91 Å². The van der Waals surface area contributed by atoms with Crippen LogP contribution in [0.3, 0.4) is 0 Å². The molecule has 0 fully saturated rings. The molecule has 8 nitrogen and oxygen atoms in total. The van der Waals surface area contributed by atoms with Crippen LogP contribution < -0.4 is 15.1 Å². The van der Waals surface area contributed by atoms with Crippen molar-refractivity contribution in [1.82, 2.24) is 15.2 Å². The van der Waals surface area contributed by atoms with E-state index in [4.69, 9.17) is 9.15 Å². The number of ether oxygens (including phenoxy) is 1. The van der Waals surface area contributed by atoms with Crippen molar-refractivity contribution in [2.75, 3.05) is 12.0 Å². The summed E-state index contributed by atoms with van der Waals surface area (Å²) in [5.41, 5.74) is 1.06. The number of methoxy groups -OCH3 is 1. The highest BCUT2D eigenvalue weighted by Crippen LogP contribution is 2.42. The number of benzene rings is 1. The summed E-state index contributed by atoms with van der Waals surface area (Å²) in [5.74, 6) is 0.110. The van der Waals surface area contributed by atoms with Crippen LogP contribution in [-0.4, -0.2) is 28.2 Å². The average Bonchev–Trinajstić information content (AvgIpc) is 3.29. The second-order valence-corrected chi connectivity index (χ2v) is 7.66. The van der Waals surface area contributed by atoms with Gasteiger partial charge in [0.15, 0.2) is 5.43 Å². The summed E-state index contributed by atoms with van der Waals surface area (Å²) < 4.78 is 11.1. The minimum atomic E-state index is -0.671. The molecule has 4 aromatic rings. The van der Waals surface area contributed by atoms with Gasteiger partial charge in [0.2, 0.25) is 10.9 Å². The third kappa shape index (κ3) is 2.62. The van der Waals surface area contributed by atoms with Gasteiger partial charge in [0.1, 0.15) is 16.3 Å². The van der Waals surface area contributed by atoms with E-state index in [9.17, 15) is 9.59 Å². The second kappa shape index (κ2) is 6.49. The average molecular weight is 406 g/mol. The molecule has 4 heterocycles. The first-order valence-electron chi connectivity index (χ1n) is 8.77. The number of hydrogen-bond acceptors (Lipinski definition) is 8. The van der Waals surface area contributed by atoms with E-state index >= 15 is 0 Å². The maximum Gasteiger partial charge on any atom is 0.297 e. The van der Waals surface area contributed by atoms with E-state index < -0.39 is 11.9 Å². The summed E-state index contributed by atoms with van der Waals surface area (Å²) in [6.45, 7) is 1.81. The maximum atomic E-state index is 13.4. The predicted molar refractivity (Wildman–Crippen MR) is 107 cm³/mol. The van der Waals surface area contributed by atoms with Crippen molar-refractivity contribution in [3.05, 3.63) is 74.8 Å². The standard InChI is InChI=1S/C20H14N4O4S/c1-10-22-23-20(29-10)24-16(11-5-7-21-8-6-11)15-17(25)13-4-3-12(27-2)9-14(13)28-18(15)19(24)26/h3-9,16H,1-2H3. The number of aromatic nitrogens is 3. The fourth-order valence-corrected chi connectivity index (χ4v) is 4.23. The van der Waals surface area contributed by atoms with Gasteiger partial charge in [-0.15, -0.1) is 10.2 Å². The van der Waals surface area contributed by atoms with Gasteiger partial charge in [-0.3, -0.25) is 19.5 Å². The van der Waals surface area contributed by atoms with Crippen LogP contribution in [0.4, 0.5) is 5.13 Å². The van der Waals surface area contributed by atoms with Gasteiger partial charge in [0.05, 0.1) is 24.1 Å². The number of anilines is 1. The van der Waals surface area contributed by atoms with E-state index in [-0.39, 0.29) is 16.8 Å². The van der Waals surface area contributed by atoms with Gasteiger partial charge < -0.3 is 9.15 Å². The van der Waals surface area contributed by atoms with E-state index in [0.717, 1.165) is 5.56 Å². The Morgan fingerprint density at radius 3 is 2.62 bits per heavy atom. The molecule has 1 aliphatic heterocycles. The molecule has 1 aromatic carbocycles. The van der Waals surface area contributed by atoms with Crippen molar-refractivity contribution < 1.29 is 13.9 Å². The van der Waals surface area contributed by atoms with Crippen LogP contribution in [0.25, 0.3) is 11.0 Å². The number of rotatable bonds is 3. The molecule has 0 radical (unpaired) electrons. The van der Waals surface area contributed by atoms with Crippen LogP contribution in [0.2, 0.25) is 0 Å². The summed E-state index contributed by atoms with van der Waals surface area (Å²) in [4.78, 5) is 32.2. The molecule has 5 rings (SSSR count). The van der Waals surface area contributed by atoms with Crippen molar-refractivity contribution in [2.45, 2.75) is 13.0 Å². The van der Waals surface area contributed by atoms with Crippen molar-refractivity contribution in [3.63, 3.8) is 0 Å². The topological polar surface area (TPSA) is 98.4 Å². The smallest absolute Gasteiger partial charge is 0.297 e. The van der Waals surface area contributed by atoms with Crippen LogP contribution in [0.5, 0.6) is 5.75 Å². The van der Waals surface area contributed by atoms with Crippen LogP contribution >= 0.6 is 11.3 Å². The molecule has 0 bridgehead atoms. The van der Waals surface area contributed by atoms with Crippen LogP contribution in [0.1, 0.15) is 32.7 Å². The molecule has 29 heavy (non-hydrogen) atoms. The van der Waals surface area contributed by atoms with Crippen molar-refractivity contribution in [2.24, 2.45) is 0 Å². The zero-order chi connectivity index (χ0) is 20.1. The lowest BCUT2D eigenvalue weighted by Gasteiger charge is -2.21. The van der Waals surface area contributed by atoms with Crippen molar-refractivity contribution >= 4 is 33.3 Å². The lowest BCUT2D eigenvalue weighted by Crippen LogP contribution is -2.29. The number of aryl methyl sites for hydroxylation is 1. The summed E-state index contributed by atoms with van der Waals surface area (Å²) in [5, 5.41) is 9.65. The highest BCUT2D eigenvalue weighted by molar-refractivity contribution is 7.15. The molecule has 1 unspecified atom stereocenters. The highest BCUT2D eigenvalue weighted by Gasteiger charge is 2.45. The molecule has 1 atom stereocenters. The van der Waals surface area contributed by atoms with Gasteiger partial charge in [-0.05, 0) is 36.8 Å². The summed E-state index contributed by atoms with van der Waals surface area (Å²) >= 11 is 1.28. The van der Waals surface area contributed by atoms with Gasteiger partial charge in [0, 0.05) is 18.5 Å². The van der Waals surface area contributed by atoms with E-state index in [1.807, 2.05) is 0 Å². The molecule has 0 spiro atoms. The minimum absolute atomic E-state index is 0.00502. The van der Waals surface area contributed by atoms with Gasteiger partial charge in [-0.25, -0.2) is 0 Å². The predicted octanol–water partition coefficient (Wildman–Crippen LogP) is 3.11. The Balaban J connectivity index is 1.81. The minimum Gasteiger partial charge on any atom is -0.497 e. The number of hydrogen-bond donors (Lipinski definition) is 0. The molecule has 3 aromatic heterocycles. The molecule has 0 aliphatic carbocycles. The molecule has 0 saturated carbocycles. The molecule has 0 N–H and O–H groups in total. The van der Waals surface area contributed by atoms with Crippen LogP contribution in [0, 0.1) is 6.92 Å². The largest absolute Gasteiger partial charge is 0.497 e. The third-order valence-corrected chi connectivity index (χ3v) is 5.66. The van der Waals surface area contributed by atoms with Crippen LogP contribution in [0.15, 0.2) is 51.9 Å². The number of pyridine rings is 1. The monoisotopic (exact) mass is 406 g/mol. The van der Waals surface area contributed by atoms with E-state index in [0.29, 0.717) is 26.9 Å². The van der Waals surface area contributed by atoms with E-state index in [2.05, 4.69) is 15.2 Å². The molecule has 144 valence electrons. The van der Waals surface area contributed by atoms with Gasteiger partial charge in [-0.2, -0.15) is 0 Å². The van der Waals surface area contributed by atoms with E-state index in [1.54, 1.807) is 49.6 Å². The number of nitrogens with zero attached hydrogens (tertiary/aromatic N) is 4. The summed E-state index contributed by atoms with van der Waals surface area (Å²) in [7, 11) is 1.52. The zero-order valence-corrected chi connectivity index (χ0v) is 16.3. The fraction of sp³-hybridized carbons (Fsp3) is 0.150. The second-order valence-electron chi connectivity index (χ2n) is 6.50. The van der Waals surface area contributed by atoms with Crippen LogP contribution in [-0.2, 0) is 0 Å². The Kier molecular flexibility index (Phi) is 3.92. The van der Waals surface area contributed by atoms with Gasteiger partial charge >= 0.3 is 0 Å². The first-order chi connectivity index (χ1) is 14.1. The highest BCUT2D eigenvalue weighted by atomic mass is 32.1. The number of carbonyl (C=O) groups is 1. The number of carbonyl (C=O) groups excluding carboxylic acids is 1. The molecular formula is C20H14N4O4S. The molecule has 1 amide bonds. The number of amides is 1. The summed E-state index contributed by atoms with van der Waals surface area (Å²) in [6, 6.07) is 7.80. The Morgan fingerprint density at radius 2 is 1.93 bits per heavy atom. The Bertz CT molecular complexity index is 1320. The summed E-state index contributed by atoms with van der Waals surface area (Å²) in [6.07, 6.45) is 3.24. The lowest BCUT2D eigenvalue weighted by atomic mass is 9.99. The van der Waals surface area contributed by atoms with E-state index in [1.165, 1.54) is 23.3 Å².